The topological polar surface area (TPSA) is 74.5 Å². The van der Waals surface area contributed by atoms with E-state index >= 15 is 0 Å². The van der Waals surface area contributed by atoms with Gasteiger partial charge in [0.2, 0.25) is 17.6 Å². The Kier molecular flexibility index (Phi) is 8.23. The smallest absolute Gasteiger partial charge is 0.241 e. The number of hydrogen-bond acceptors (Lipinski definition) is 6. The minimum atomic E-state index is 0.0224. The van der Waals surface area contributed by atoms with Crippen LogP contribution in [-0.4, -0.2) is 45.5 Å². The van der Waals surface area contributed by atoms with Crippen LogP contribution in [-0.2, 0) is 37.4 Å². The maximum absolute atomic E-state index is 13.0. The first-order chi connectivity index (χ1) is 19.6. The van der Waals surface area contributed by atoms with E-state index in [1.165, 1.54) is 16.7 Å². The number of carbonyl (C=O) groups is 1. The summed E-state index contributed by atoms with van der Waals surface area (Å²) in [5, 5.41) is 7.87. The molecule has 3 heterocycles. The van der Waals surface area contributed by atoms with Crippen molar-refractivity contribution in [1.29, 1.82) is 0 Å². The third kappa shape index (κ3) is 6.44. The number of halogens is 1. The Balaban J connectivity index is 0.955. The predicted octanol–water partition coefficient (Wildman–Crippen LogP) is 5.48. The number of piperidine rings is 1. The fourth-order valence-electron chi connectivity index (χ4n) is 5.73. The average molecular weight is 556 g/mol. The summed E-state index contributed by atoms with van der Waals surface area (Å²) < 4.78 is 5.47. The summed E-state index contributed by atoms with van der Waals surface area (Å²) in [6, 6.07) is 24.8. The molecule has 1 saturated heterocycles. The molecule has 0 aliphatic carbocycles. The van der Waals surface area contributed by atoms with Crippen LogP contribution in [0, 0.1) is 5.92 Å². The van der Waals surface area contributed by atoms with Crippen LogP contribution in [0.1, 0.15) is 41.0 Å². The van der Waals surface area contributed by atoms with E-state index in [9.17, 15) is 4.79 Å². The van der Waals surface area contributed by atoms with Gasteiger partial charge < -0.3 is 9.84 Å². The fourth-order valence-corrected chi connectivity index (χ4v) is 5.95. The summed E-state index contributed by atoms with van der Waals surface area (Å²) in [5.41, 5.74) is 6.10. The molecule has 2 aliphatic rings. The quantitative estimate of drug-likeness (QED) is 0.310. The van der Waals surface area contributed by atoms with Gasteiger partial charge in [0.05, 0.1) is 11.6 Å². The van der Waals surface area contributed by atoms with Crippen LogP contribution in [0.3, 0.4) is 0 Å². The molecule has 1 aromatic heterocycles. The van der Waals surface area contributed by atoms with E-state index in [2.05, 4.69) is 73.8 Å². The molecule has 0 saturated carbocycles. The highest BCUT2D eigenvalue weighted by Crippen LogP contribution is 2.26. The Morgan fingerprint density at radius 2 is 1.68 bits per heavy atom. The van der Waals surface area contributed by atoms with Crippen molar-refractivity contribution in [3.63, 3.8) is 0 Å². The molecular weight excluding hydrogens is 522 g/mol. The first-order valence-electron chi connectivity index (χ1n) is 14.1. The lowest BCUT2D eigenvalue weighted by molar-refractivity contribution is -0.126. The van der Waals surface area contributed by atoms with Crippen molar-refractivity contribution >= 4 is 17.5 Å². The Bertz CT molecular complexity index is 1460. The minimum Gasteiger partial charge on any atom is -0.352 e. The number of nitrogens with one attached hydrogen (secondary N) is 1. The molecule has 1 fully saturated rings. The summed E-state index contributed by atoms with van der Waals surface area (Å²) in [4.78, 5) is 22.2. The lowest BCUT2D eigenvalue weighted by Gasteiger charge is -2.30. The van der Waals surface area contributed by atoms with E-state index < -0.39 is 0 Å². The van der Waals surface area contributed by atoms with Crippen LogP contribution in [0.15, 0.2) is 77.3 Å². The van der Waals surface area contributed by atoms with Gasteiger partial charge in [-0.1, -0.05) is 77.4 Å². The van der Waals surface area contributed by atoms with Crippen LogP contribution >= 0.6 is 11.6 Å². The molecule has 206 valence electrons. The van der Waals surface area contributed by atoms with Crippen molar-refractivity contribution in [3.8, 4) is 11.4 Å². The molecule has 0 spiro atoms. The lowest BCUT2D eigenvalue weighted by atomic mass is 9.95. The van der Waals surface area contributed by atoms with Crippen molar-refractivity contribution in [3.05, 3.63) is 106 Å². The highest BCUT2D eigenvalue weighted by atomic mass is 35.5. The van der Waals surface area contributed by atoms with Crippen LogP contribution in [0.4, 0.5) is 0 Å². The number of aromatic nitrogens is 2. The highest BCUT2D eigenvalue weighted by Gasteiger charge is 2.26. The number of fused-ring (bicyclic) bond motifs is 1. The first kappa shape index (κ1) is 26.7. The van der Waals surface area contributed by atoms with E-state index in [0.29, 0.717) is 29.8 Å². The minimum absolute atomic E-state index is 0.0224. The van der Waals surface area contributed by atoms with Gasteiger partial charge >= 0.3 is 0 Å². The van der Waals surface area contributed by atoms with E-state index in [4.69, 9.17) is 16.1 Å². The van der Waals surface area contributed by atoms with Gasteiger partial charge in [-0.15, -0.1) is 0 Å². The second-order valence-electron chi connectivity index (χ2n) is 10.8. The highest BCUT2D eigenvalue weighted by molar-refractivity contribution is 6.33. The van der Waals surface area contributed by atoms with E-state index in [1.807, 2.05) is 24.3 Å². The van der Waals surface area contributed by atoms with Gasteiger partial charge in [-0.2, -0.15) is 4.98 Å². The summed E-state index contributed by atoms with van der Waals surface area (Å²) in [7, 11) is 0. The van der Waals surface area contributed by atoms with Crippen molar-refractivity contribution < 1.29 is 9.32 Å². The lowest BCUT2D eigenvalue weighted by Crippen LogP contribution is -2.40. The molecule has 3 aromatic carbocycles. The largest absolute Gasteiger partial charge is 0.352 e. The van der Waals surface area contributed by atoms with Gasteiger partial charge in [0.1, 0.15) is 0 Å². The number of hydrogen-bond donors (Lipinski definition) is 1. The van der Waals surface area contributed by atoms with Gasteiger partial charge in [0.15, 0.2) is 0 Å². The van der Waals surface area contributed by atoms with Gasteiger partial charge in [-0.05, 0) is 66.7 Å². The summed E-state index contributed by atoms with van der Waals surface area (Å²) >= 11 is 6.26. The third-order valence-corrected chi connectivity index (χ3v) is 8.30. The molecule has 7 nitrogen and oxygen atoms in total. The summed E-state index contributed by atoms with van der Waals surface area (Å²) in [5.74, 6) is 1.22. The predicted molar refractivity (Wildman–Crippen MR) is 155 cm³/mol. The van der Waals surface area contributed by atoms with Gasteiger partial charge in [0, 0.05) is 37.7 Å². The van der Waals surface area contributed by atoms with Crippen LogP contribution in [0.25, 0.3) is 11.4 Å². The van der Waals surface area contributed by atoms with E-state index in [1.54, 1.807) is 0 Å². The molecule has 6 rings (SSSR count). The van der Waals surface area contributed by atoms with Gasteiger partial charge in [-0.3, -0.25) is 14.6 Å². The van der Waals surface area contributed by atoms with Crippen molar-refractivity contribution in [2.45, 2.75) is 45.4 Å². The standard InChI is InChI=1S/C32H34ClN5O2/c33-29-11-4-3-10-28(29)31-35-30(40-36-31)22-37-15-13-26(14-16-37)32(39)34-19-23-6-5-7-24(18-23)20-38-17-12-25-8-1-2-9-27(25)21-38/h1-11,18,26H,12-17,19-22H2,(H,34,39). The van der Waals surface area contributed by atoms with Crippen LogP contribution < -0.4 is 5.32 Å². The third-order valence-electron chi connectivity index (χ3n) is 7.97. The van der Waals surface area contributed by atoms with Crippen molar-refractivity contribution in [2.75, 3.05) is 19.6 Å². The van der Waals surface area contributed by atoms with Gasteiger partial charge in [0.25, 0.3) is 0 Å². The van der Waals surface area contributed by atoms with Crippen LogP contribution in [0.5, 0.6) is 0 Å². The van der Waals surface area contributed by atoms with E-state index in [-0.39, 0.29) is 11.8 Å². The Hall–Kier alpha value is -3.52. The molecule has 1 N–H and O–H groups in total. The normalized spacial score (nSPS) is 16.5. The Morgan fingerprint density at radius 3 is 2.52 bits per heavy atom. The van der Waals surface area contributed by atoms with Gasteiger partial charge in [-0.25, -0.2) is 0 Å². The summed E-state index contributed by atoms with van der Waals surface area (Å²) in [6.45, 7) is 5.75. The van der Waals surface area contributed by atoms with Crippen LogP contribution in [0.2, 0.25) is 5.02 Å². The number of carbonyl (C=O) groups excluding carboxylic acids is 1. The number of rotatable bonds is 8. The van der Waals surface area contributed by atoms with Crippen molar-refractivity contribution in [1.82, 2.24) is 25.3 Å². The molecular formula is C32H34ClN5O2. The SMILES string of the molecule is O=C(NCc1cccc(CN2CCc3ccccc3C2)c1)C1CCN(Cc2nc(-c3ccccc3Cl)no2)CC1. The molecule has 2 aliphatic heterocycles. The Morgan fingerprint density at radius 1 is 0.900 bits per heavy atom. The molecule has 8 heteroatoms. The number of benzene rings is 3. The van der Waals surface area contributed by atoms with Crippen molar-refractivity contribution in [2.24, 2.45) is 5.92 Å². The molecule has 0 unspecified atom stereocenters. The zero-order chi connectivity index (χ0) is 27.3. The monoisotopic (exact) mass is 555 g/mol. The number of likely N-dealkylation sites (tertiary alicyclic amines) is 1. The zero-order valence-corrected chi connectivity index (χ0v) is 23.3. The second kappa shape index (κ2) is 12.3. The number of amides is 1. The molecule has 0 radical (unpaired) electrons. The molecule has 0 bridgehead atoms. The average Bonchev–Trinajstić information content (AvgIpc) is 3.45. The Labute approximate surface area is 240 Å². The summed E-state index contributed by atoms with van der Waals surface area (Å²) in [6.07, 6.45) is 2.73. The number of nitrogens with zero attached hydrogens (tertiary/aromatic N) is 4. The second-order valence-corrected chi connectivity index (χ2v) is 11.2. The maximum Gasteiger partial charge on any atom is 0.241 e. The van der Waals surface area contributed by atoms with E-state index in [0.717, 1.165) is 63.1 Å². The molecule has 40 heavy (non-hydrogen) atoms. The maximum atomic E-state index is 13.0. The first-order valence-corrected chi connectivity index (χ1v) is 14.4. The zero-order valence-electron chi connectivity index (χ0n) is 22.6. The molecule has 1 amide bonds. The molecule has 4 aromatic rings. The fraction of sp³-hybridized carbons (Fsp3) is 0.344. The molecule has 0 atom stereocenters.